The average Bonchev–Trinajstić information content (AvgIpc) is 2.92. The zero-order chi connectivity index (χ0) is 18.0. The quantitative estimate of drug-likeness (QED) is 0.708. The highest BCUT2D eigenvalue weighted by Gasteiger charge is 2.61. The molecule has 0 aromatic carbocycles. The summed E-state index contributed by atoms with van der Waals surface area (Å²) in [6.07, 6.45) is 9.73. The number of ketones is 2. The summed E-state index contributed by atoms with van der Waals surface area (Å²) in [6, 6.07) is 0. The number of rotatable bonds is 2. The van der Waals surface area contributed by atoms with Crippen molar-refractivity contribution in [2.75, 3.05) is 0 Å². The molecular formula is C22H30O3. The lowest BCUT2D eigenvalue weighted by Crippen LogP contribution is -2.54. The van der Waals surface area contributed by atoms with Gasteiger partial charge in [-0.1, -0.05) is 19.4 Å². The smallest absolute Gasteiger partial charge is 0.156 e. The lowest BCUT2D eigenvalue weighted by atomic mass is 9.45. The van der Waals surface area contributed by atoms with E-state index in [4.69, 9.17) is 0 Å². The summed E-state index contributed by atoms with van der Waals surface area (Å²) < 4.78 is 0. The van der Waals surface area contributed by atoms with Gasteiger partial charge in [-0.25, -0.2) is 0 Å². The predicted molar refractivity (Wildman–Crippen MR) is 95.8 cm³/mol. The summed E-state index contributed by atoms with van der Waals surface area (Å²) in [5.74, 6) is 2.23. The Morgan fingerprint density at radius 2 is 1.92 bits per heavy atom. The van der Waals surface area contributed by atoms with Gasteiger partial charge in [-0.05, 0) is 74.7 Å². The van der Waals surface area contributed by atoms with Crippen molar-refractivity contribution in [1.82, 2.24) is 0 Å². The Kier molecular flexibility index (Phi) is 3.86. The van der Waals surface area contributed by atoms with Gasteiger partial charge in [-0.15, -0.1) is 0 Å². The fourth-order valence-electron chi connectivity index (χ4n) is 7.54. The van der Waals surface area contributed by atoms with Crippen LogP contribution in [0.15, 0.2) is 11.6 Å². The molecule has 0 N–H and O–H groups in total. The molecule has 0 heterocycles. The second-order valence-electron chi connectivity index (χ2n) is 9.57. The molecule has 3 fully saturated rings. The molecule has 3 saturated carbocycles. The van der Waals surface area contributed by atoms with E-state index in [1.807, 2.05) is 6.08 Å². The van der Waals surface area contributed by atoms with Crippen LogP contribution in [0.4, 0.5) is 0 Å². The van der Waals surface area contributed by atoms with Crippen molar-refractivity contribution in [2.45, 2.75) is 65.7 Å². The summed E-state index contributed by atoms with van der Waals surface area (Å²) in [5.41, 5.74) is 1.23. The minimum absolute atomic E-state index is 0.126. The lowest BCUT2D eigenvalue weighted by Gasteiger charge is -2.59. The zero-order valence-corrected chi connectivity index (χ0v) is 15.7. The van der Waals surface area contributed by atoms with E-state index in [9.17, 15) is 14.4 Å². The Labute approximate surface area is 150 Å². The first-order valence-corrected chi connectivity index (χ1v) is 10.0. The van der Waals surface area contributed by atoms with Crippen molar-refractivity contribution in [3.63, 3.8) is 0 Å². The molecule has 4 rings (SSSR count). The van der Waals surface area contributed by atoms with Gasteiger partial charge < -0.3 is 4.79 Å². The number of aldehydes is 1. The van der Waals surface area contributed by atoms with E-state index in [1.165, 1.54) is 5.57 Å². The minimum atomic E-state index is -0.165. The van der Waals surface area contributed by atoms with Crippen LogP contribution in [0.1, 0.15) is 65.7 Å². The number of hydrogen-bond donors (Lipinski definition) is 0. The molecule has 0 bridgehead atoms. The van der Waals surface area contributed by atoms with Crippen LogP contribution in [0, 0.1) is 40.4 Å². The van der Waals surface area contributed by atoms with Crippen molar-refractivity contribution in [3.8, 4) is 0 Å². The Bertz CT molecular complexity index is 662. The Balaban J connectivity index is 1.72. The molecular weight excluding hydrogens is 312 g/mol. The van der Waals surface area contributed by atoms with Crippen LogP contribution >= 0.6 is 0 Å². The van der Waals surface area contributed by atoms with Gasteiger partial charge in [0.05, 0.1) is 0 Å². The molecule has 0 aromatic rings. The van der Waals surface area contributed by atoms with Crippen LogP contribution in [0.5, 0.6) is 0 Å². The maximum Gasteiger partial charge on any atom is 0.156 e. The first-order valence-electron chi connectivity index (χ1n) is 10.0. The third-order valence-electron chi connectivity index (χ3n) is 8.83. The summed E-state index contributed by atoms with van der Waals surface area (Å²) in [5, 5.41) is 0. The van der Waals surface area contributed by atoms with Crippen LogP contribution in [-0.2, 0) is 14.4 Å². The maximum atomic E-state index is 12.2. The third kappa shape index (κ3) is 2.20. The summed E-state index contributed by atoms with van der Waals surface area (Å²) >= 11 is 0. The van der Waals surface area contributed by atoms with Crippen molar-refractivity contribution >= 4 is 17.9 Å². The number of carbonyl (C=O) groups is 3. The van der Waals surface area contributed by atoms with Crippen molar-refractivity contribution < 1.29 is 14.4 Å². The number of carbonyl (C=O) groups excluding carboxylic acids is 3. The molecule has 3 nitrogen and oxygen atoms in total. The highest BCUT2D eigenvalue weighted by Crippen LogP contribution is 2.67. The molecule has 0 saturated heterocycles. The van der Waals surface area contributed by atoms with E-state index in [0.29, 0.717) is 30.0 Å². The highest BCUT2D eigenvalue weighted by molar-refractivity contribution is 5.94. The highest BCUT2D eigenvalue weighted by atomic mass is 16.1. The van der Waals surface area contributed by atoms with E-state index in [1.54, 1.807) is 6.92 Å². The Morgan fingerprint density at radius 3 is 2.60 bits per heavy atom. The molecule has 0 radical (unpaired) electrons. The lowest BCUT2D eigenvalue weighted by molar-refractivity contribution is -0.133. The van der Waals surface area contributed by atoms with E-state index in [0.717, 1.165) is 44.8 Å². The van der Waals surface area contributed by atoms with Crippen LogP contribution in [0.2, 0.25) is 0 Å². The summed E-state index contributed by atoms with van der Waals surface area (Å²) in [6.45, 7) is 6.37. The monoisotopic (exact) mass is 342 g/mol. The van der Waals surface area contributed by atoms with Gasteiger partial charge >= 0.3 is 0 Å². The molecule has 0 amide bonds. The van der Waals surface area contributed by atoms with Crippen LogP contribution in [-0.4, -0.2) is 17.9 Å². The molecule has 7 atom stereocenters. The van der Waals surface area contributed by atoms with Crippen molar-refractivity contribution in [3.05, 3.63) is 11.6 Å². The SMILES string of the molecule is CC(=O)[C@H]1CC[C@H]2[C@@H]3CCC4=CC(=O)CC(C=O)[C@]4(C)[C@H]3CC[C@]12C. The molecule has 0 aliphatic heterocycles. The topological polar surface area (TPSA) is 51.2 Å². The molecule has 25 heavy (non-hydrogen) atoms. The minimum Gasteiger partial charge on any atom is -0.303 e. The molecule has 4 aliphatic carbocycles. The van der Waals surface area contributed by atoms with Gasteiger partial charge in [0.15, 0.2) is 5.78 Å². The maximum absolute atomic E-state index is 12.2. The van der Waals surface area contributed by atoms with Gasteiger partial charge in [0.1, 0.15) is 12.1 Å². The zero-order valence-electron chi connectivity index (χ0n) is 15.7. The van der Waals surface area contributed by atoms with E-state index >= 15 is 0 Å². The molecule has 1 unspecified atom stereocenters. The van der Waals surface area contributed by atoms with Crippen molar-refractivity contribution in [1.29, 1.82) is 0 Å². The van der Waals surface area contributed by atoms with Crippen LogP contribution in [0.3, 0.4) is 0 Å². The largest absolute Gasteiger partial charge is 0.303 e. The standard InChI is InChI=1S/C22H30O3/c1-13(24)18-6-7-19-17-5-4-14-10-16(25)11-15(12-23)22(14,3)20(17)8-9-21(18,19)2/h10,12,15,17-20H,4-9,11H2,1-3H3/t15?,17-,18+,19-,20-,21+,22+/m0/s1. The molecule has 0 aromatic heterocycles. The third-order valence-corrected chi connectivity index (χ3v) is 8.83. The Hall–Kier alpha value is -1.25. The second-order valence-corrected chi connectivity index (χ2v) is 9.57. The van der Waals surface area contributed by atoms with Gasteiger partial charge in [0, 0.05) is 23.7 Å². The fraction of sp³-hybridized carbons (Fsp3) is 0.773. The number of Topliss-reactive ketones (excluding diaryl/α,β-unsaturated/α-hetero) is 1. The summed E-state index contributed by atoms with van der Waals surface area (Å²) in [4.78, 5) is 36.1. The van der Waals surface area contributed by atoms with Gasteiger partial charge in [0.2, 0.25) is 0 Å². The van der Waals surface area contributed by atoms with Crippen molar-refractivity contribution in [2.24, 2.45) is 40.4 Å². The number of fused-ring (bicyclic) bond motifs is 5. The molecule has 3 heteroatoms. The Morgan fingerprint density at radius 1 is 1.16 bits per heavy atom. The first kappa shape index (κ1) is 17.2. The molecule has 0 spiro atoms. The van der Waals surface area contributed by atoms with E-state index < -0.39 is 0 Å². The van der Waals surface area contributed by atoms with Crippen LogP contribution < -0.4 is 0 Å². The molecule has 136 valence electrons. The van der Waals surface area contributed by atoms with Gasteiger partial charge in [-0.2, -0.15) is 0 Å². The average molecular weight is 342 g/mol. The second kappa shape index (κ2) is 5.62. The molecule has 4 aliphatic rings. The number of allylic oxidation sites excluding steroid dienone is 1. The normalized spacial score (nSPS) is 48.8. The number of hydrogen-bond acceptors (Lipinski definition) is 3. The van der Waals surface area contributed by atoms with Gasteiger partial charge in [-0.3, -0.25) is 9.59 Å². The van der Waals surface area contributed by atoms with E-state index in [-0.39, 0.29) is 28.4 Å². The fourth-order valence-corrected chi connectivity index (χ4v) is 7.54. The predicted octanol–water partition coefficient (Wildman–Crippen LogP) is 4.15. The van der Waals surface area contributed by atoms with Crippen LogP contribution in [0.25, 0.3) is 0 Å². The first-order chi connectivity index (χ1) is 11.8. The van der Waals surface area contributed by atoms with E-state index in [2.05, 4.69) is 13.8 Å². The van der Waals surface area contributed by atoms with Gasteiger partial charge in [0.25, 0.3) is 0 Å². The summed E-state index contributed by atoms with van der Waals surface area (Å²) in [7, 11) is 0.